The quantitative estimate of drug-likeness (QED) is 0.0249. The second kappa shape index (κ2) is 37.5. The number of hydrogen-bond acceptors (Lipinski definition) is 5. The SMILES string of the molecule is CC/C=C/CC/C=C/CC/C=C/C(O)C(COP(=O)(O)OCC[N+](C)(C)C)NC(=O)CCCCCCCCCC/C=C\C/C=C\C/C=C\CCCCCCC. The van der Waals surface area contributed by atoms with Crippen molar-refractivity contribution in [3.05, 3.63) is 72.9 Å². The Bertz CT molecular complexity index is 1120. The van der Waals surface area contributed by atoms with Gasteiger partial charge in [-0.05, 0) is 77.0 Å². The molecule has 8 nitrogen and oxygen atoms in total. The maximum Gasteiger partial charge on any atom is 0.472 e. The predicted octanol–water partition coefficient (Wildman–Crippen LogP) is 12.0. The van der Waals surface area contributed by atoms with Crippen LogP contribution in [0.25, 0.3) is 0 Å². The first-order chi connectivity index (χ1) is 26.5. The summed E-state index contributed by atoms with van der Waals surface area (Å²) < 4.78 is 23.4. The summed E-state index contributed by atoms with van der Waals surface area (Å²) in [4.78, 5) is 23.0. The molecule has 0 bridgehead atoms. The molecule has 0 heterocycles. The highest BCUT2D eigenvalue weighted by Crippen LogP contribution is 2.43. The number of carbonyl (C=O) groups excluding carboxylic acids is 1. The third kappa shape index (κ3) is 40.0. The second-order valence-electron chi connectivity index (χ2n) is 15.7. The molecular formula is C46H84N2O6P+. The van der Waals surface area contributed by atoms with Crippen molar-refractivity contribution in [2.75, 3.05) is 40.9 Å². The molecule has 3 unspecified atom stereocenters. The molecule has 0 fully saturated rings. The summed E-state index contributed by atoms with van der Waals surface area (Å²) in [6.07, 6.45) is 49.9. The van der Waals surface area contributed by atoms with Gasteiger partial charge in [-0.2, -0.15) is 0 Å². The van der Waals surface area contributed by atoms with Crippen molar-refractivity contribution in [3.8, 4) is 0 Å². The second-order valence-corrected chi connectivity index (χ2v) is 17.1. The molecule has 0 aromatic heterocycles. The van der Waals surface area contributed by atoms with Crippen molar-refractivity contribution in [1.29, 1.82) is 0 Å². The third-order valence-corrected chi connectivity index (χ3v) is 10.1. The van der Waals surface area contributed by atoms with Gasteiger partial charge in [0.15, 0.2) is 0 Å². The molecule has 0 saturated carbocycles. The van der Waals surface area contributed by atoms with Gasteiger partial charge in [0.1, 0.15) is 13.2 Å². The van der Waals surface area contributed by atoms with Gasteiger partial charge < -0.3 is 19.8 Å². The van der Waals surface area contributed by atoms with Gasteiger partial charge in [0, 0.05) is 6.42 Å². The summed E-state index contributed by atoms with van der Waals surface area (Å²) in [6.45, 7) is 4.62. The lowest BCUT2D eigenvalue weighted by Crippen LogP contribution is -2.45. The molecule has 0 aliphatic carbocycles. The van der Waals surface area contributed by atoms with Crippen LogP contribution in [-0.4, -0.2) is 73.4 Å². The number of amides is 1. The van der Waals surface area contributed by atoms with Gasteiger partial charge in [-0.15, -0.1) is 0 Å². The minimum Gasteiger partial charge on any atom is -0.387 e. The van der Waals surface area contributed by atoms with Crippen LogP contribution in [0.15, 0.2) is 72.9 Å². The Morgan fingerprint density at radius 3 is 1.65 bits per heavy atom. The zero-order chi connectivity index (χ0) is 40.7. The van der Waals surface area contributed by atoms with E-state index in [2.05, 4.69) is 79.9 Å². The molecule has 9 heteroatoms. The Morgan fingerprint density at radius 2 is 1.11 bits per heavy atom. The zero-order valence-electron chi connectivity index (χ0n) is 35.9. The zero-order valence-corrected chi connectivity index (χ0v) is 36.8. The maximum atomic E-state index is 12.8. The fourth-order valence-electron chi connectivity index (χ4n) is 5.67. The summed E-state index contributed by atoms with van der Waals surface area (Å²) in [5.41, 5.74) is 0. The molecule has 0 spiro atoms. The molecule has 0 saturated heterocycles. The van der Waals surface area contributed by atoms with E-state index < -0.39 is 20.0 Å². The molecule has 318 valence electrons. The first-order valence-electron chi connectivity index (χ1n) is 21.8. The molecule has 0 rings (SSSR count). The Morgan fingerprint density at radius 1 is 0.636 bits per heavy atom. The van der Waals surface area contributed by atoms with E-state index in [1.54, 1.807) is 6.08 Å². The molecule has 0 radical (unpaired) electrons. The smallest absolute Gasteiger partial charge is 0.387 e. The maximum absolute atomic E-state index is 12.8. The lowest BCUT2D eigenvalue weighted by Gasteiger charge is -2.25. The van der Waals surface area contributed by atoms with E-state index in [1.165, 1.54) is 70.6 Å². The number of nitrogens with zero attached hydrogens (tertiary/aromatic N) is 1. The number of aliphatic hydroxyl groups is 1. The number of phosphoric ester groups is 1. The summed E-state index contributed by atoms with van der Waals surface area (Å²) in [7, 11) is 1.52. The molecular weight excluding hydrogens is 707 g/mol. The van der Waals surface area contributed by atoms with Gasteiger partial charge >= 0.3 is 7.82 Å². The fourth-order valence-corrected chi connectivity index (χ4v) is 6.41. The van der Waals surface area contributed by atoms with E-state index >= 15 is 0 Å². The molecule has 0 aliphatic rings. The first kappa shape index (κ1) is 52.9. The van der Waals surface area contributed by atoms with Crippen LogP contribution in [0.2, 0.25) is 0 Å². The molecule has 0 aliphatic heterocycles. The van der Waals surface area contributed by atoms with Crippen LogP contribution in [0.4, 0.5) is 0 Å². The van der Waals surface area contributed by atoms with Crippen molar-refractivity contribution < 1.29 is 32.9 Å². The number of allylic oxidation sites excluding steroid dienone is 11. The van der Waals surface area contributed by atoms with Crippen LogP contribution in [0.5, 0.6) is 0 Å². The number of nitrogens with one attached hydrogen (secondary N) is 1. The minimum absolute atomic E-state index is 0.0481. The lowest BCUT2D eigenvalue weighted by atomic mass is 10.1. The van der Waals surface area contributed by atoms with E-state index in [1.807, 2.05) is 27.2 Å². The average molecular weight is 792 g/mol. The van der Waals surface area contributed by atoms with E-state index in [9.17, 15) is 19.4 Å². The fraction of sp³-hybridized carbons (Fsp3) is 0.717. The van der Waals surface area contributed by atoms with Crippen molar-refractivity contribution in [2.24, 2.45) is 0 Å². The van der Waals surface area contributed by atoms with Gasteiger partial charge in [0.2, 0.25) is 5.91 Å². The number of unbranched alkanes of at least 4 members (excludes halogenated alkanes) is 15. The van der Waals surface area contributed by atoms with Crippen LogP contribution < -0.4 is 5.32 Å². The lowest BCUT2D eigenvalue weighted by molar-refractivity contribution is -0.870. The standard InChI is InChI=1S/C46H83N2O6P/c1-6-8-10-12-14-16-18-19-20-21-22-23-24-25-26-27-28-29-30-32-34-36-38-40-46(50)47-44(43-54-55(51,52)53-42-41-48(3,4)5)45(49)39-37-35-33-31-17-15-13-11-9-7-2/h9,11,17-19,21-22,24-25,31,37,39,44-45,49H,6-8,10,12-16,20,23,26-30,32-36,38,40-43H2,1-5H3,(H-,47,50,51,52)/p+1/b11-9+,19-18-,22-21-,25-24-,31-17+,39-37+. The number of rotatable bonds is 38. The number of carbonyl (C=O) groups is 1. The van der Waals surface area contributed by atoms with Crippen molar-refractivity contribution in [1.82, 2.24) is 5.32 Å². The summed E-state index contributed by atoms with van der Waals surface area (Å²) >= 11 is 0. The Kier molecular flexibility index (Phi) is 36.1. The van der Waals surface area contributed by atoms with Gasteiger partial charge in [-0.25, -0.2) is 4.57 Å². The highest BCUT2D eigenvalue weighted by Gasteiger charge is 2.27. The van der Waals surface area contributed by atoms with E-state index in [-0.39, 0.29) is 19.1 Å². The van der Waals surface area contributed by atoms with Crippen LogP contribution in [0, 0.1) is 0 Å². The Hall–Kier alpha value is -2.06. The summed E-state index contributed by atoms with van der Waals surface area (Å²) in [5, 5.41) is 13.7. The summed E-state index contributed by atoms with van der Waals surface area (Å²) in [5.74, 6) is -0.205. The first-order valence-corrected chi connectivity index (χ1v) is 23.3. The van der Waals surface area contributed by atoms with Crippen LogP contribution in [-0.2, 0) is 18.4 Å². The van der Waals surface area contributed by atoms with E-state index in [0.29, 0.717) is 17.4 Å². The summed E-state index contributed by atoms with van der Waals surface area (Å²) in [6, 6.07) is -0.875. The Labute approximate surface area is 338 Å². The number of hydrogen-bond donors (Lipinski definition) is 3. The number of likely N-dealkylation sites (N-methyl/N-ethyl adjacent to an activating group) is 1. The van der Waals surface area contributed by atoms with Crippen molar-refractivity contribution in [2.45, 2.75) is 174 Å². The molecule has 0 aromatic carbocycles. The van der Waals surface area contributed by atoms with Gasteiger partial charge in [-0.1, -0.05) is 151 Å². The van der Waals surface area contributed by atoms with Crippen molar-refractivity contribution >= 4 is 13.7 Å². The number of aliphatic hydroxyl groups excluding tert-OH is 1. The number of phosphoric acid groups is 1. The van der Waals surface area contributed by atoms with Crippen LogP contribution >= 0.6 is 7.82 Å². The molecule has 1 amide bonds. The topological polar surface area (TPSA) is 105 Å². The largest absolute Gasteiger partial charge is 0.472 e. The highest BCUT2D eigenvalue weighted by molar-refractivity contribution is 7.47. The van der Waals surface area contributed by atoms with E-state index in [4.69, 9.17) is 9.05 Å². The molecule has 55 heavy (non-hydrogen) atoms. The molecule has 0 aromatic rings. The number of quaternary nitrogens is 1. The minimum atomic E-state index is -4.35. The molecule has 3 N–H and O–H groups in total. The monoisotopic (exact) mass is 792 g/mol. The van der Waals surface area contributed by atoms with E-state index in [0.717, 1.165) is 70.6 Å². The third-order valence-electron chi connectivity index (χ3n) is 9.14. The van der Waals surface area contributed by atoms with Gasteiger partial charge in [0.25, 0.3) is 0 Å². The average Bonchev–Trinajstić information content (AvgIpc) is 3.13. The van der Waals surface area contributed by atoms with Crippen molar-refractivity contribution in [3.63, 3.8) is 0 Å². The van der Waals surface area contributed by atoms with Crippen LogP contribution in [0.3, 0.4) is 0 Å². The highest BCUT2D eigenvalue weighted by atomic mass is 31.2. The molecule has 3 atom stereocenters. The van der Waals surface area contributed by atoms with Gasteiger partial charge in [0.05, 0.1) is 39.9 Å². The normalized spacial score (nSPS) is 15.1. The Balaban J connectivity index is 4.35. The van der Waals surface area contributed by atoms with Gasteiger partial charge in [-0.3, -0.25) is 13.8 Å². The van der Waals surface area contributed by atoms with Crippen LogP contribution in [0.1, 0.15) is 162 Å². The predicted molar refractivity (Wildman–Crippen MR) is 235 cm³/mol.